The van der Waals surface area contributed by atoms with Crippen molar-refractivity contribution in [1.82, 2.24) is 0 Å². The highest BCUT2D eigenvalue weighted by molar-refractivity contribution is 7.66. The van der Waals surface area contributed by atoms with Crippen LogP contribution in [-0.2, 0) is 25.3 Å². The van der Waals surface area contributed by atoms with Gasteiger partial charge in [0, 0.05) is 12.8 Å². The van der Waals surface area contributed by atoms with Crippen molar-refractivity contribution >= 4 is 22.9 Å². The maximum Gasteiger partial charge on any atom is 0.305 e. The number of hydrogen-bond acceptors (Lipinski definition) is 5. The van der Waals surface area contributed by atoms with Crippen molar-refractivity contribution in [1.29, 1.82) is 0 Å². The van der Waals surface area contributed by atoms with Crippen molar-refractivity contribution in [3.8, 4) is 0 Å². The number of carbonyl (C=O) groups is 2. The van der Waals surface area contributed by atoms with Crippen LogP contribution in [-0.4, -0.2) is 36.6 Å². The first-order valence-corrected chi connectivity index (χ1v) is 13.6. The van der Waals surface area contributed by atoms with Crippen molar-refractivity contribution in [2.45, 2.75) is 136 Å². The van der Waals surface area contributed by atoms with Gasteiger partial charge in [0.05, 0.1) is 6.61 Å². The summed E-state index contributed by atoms with van der Waals surface area (Å²) >= 11 is 0. The molecule has 0 radical (unpaired) electrons. The average molecular weight is 483 g/mol. The van der Waals surface area contributed by atoms with E-state index in [1.54, 1.807) is 0 Å². The fourth-order valence-corrected chi connectivity index (χ4v) is 2.97. The molecule has 8 heteroatoms. The third kappa shape index (κ3) is 46.9. The van der Waals surface area contributed by atoms with E-state index in [0.717, 1.165) is 19.3 Å². The molecule has 0 heterocycles. The zero-order valence-electron chi connectivity index (χ0n) is 20.8. The molecule has 0 bridgehead atoms. The smallest absolute Gasteiger partial charge is 0.305 e. The van der Waals surface area contributed by atoms with Gasteiger partial charge in [-0.05, 0) is 19.3 Å². The van der Waals surface area contributed by atoms with Crippen LogP contribution in [0.25, 0.3) is 0 Å². The predicted octanol–water partition coefficient (Wildman–Crippen LogP) is 6.75. The second kappa shape index (κ2) is 32.0. The van der Waals surface area contributed by atoms with E-state index < -0.39 is 17.0 Å². The number of rotatable bonds is 19. The second-order valence-electron chi connectivity index (χ2n) is 7.95. The van der Waals surface area contributed by atoms with Crippen molar-refractivity contribution in [2.24, 2.45) is 0 Å². The van der Waals surface area contributed by atoms with E-state index in [9.17, 15) is 9.59 Å². The highest BCUT2D eigenvalue weighted by atomic mass is 32.2. The summed E-state index contributed by atoms with van der Waals surface area (Å²) in [6.07, 6.45) is 21.5. The monoisotopic (exact) mass is 482 g/mol. The van der Waals surface area contributed by atoms with Crippen LogP contribution in [0.3, 0.4) is 0 Å². The first-order valence-electron chi connectivity index (χ1n) is 12.5. The number of carboxylic acid groups (broad SMARTS) is 1. The Bertz CT molecular complexity index is 457. The summed E-state index contributed by atoms with van der Waals surface area (Å²) in [6, 6.07) is 0. The maximum atomic E-state index is 11.2. The van der Waals surface area contributed by atoms with Gasteiger partial charge in [-0.2, -0.15) is 0 Å². The van der Waals surface area contributed by atoms with Crippen molar-refractivity contribution in [3.05, 3.63) is 0 Å². The fourth-order valence-electron chi connectivity index (χ4n) is 2.97. The molecule has 194 valence electrons. The minimum atomic E-state index is -3.12. The summed E-state index contributed by atoms with van der Waals surface area (Å²) in [5.74, 6) is -0.741. The molecule has 0 aliphatic carbocycles. The van der Waals surface area contributed by atoms with Gasteiger partial charge in [-0.15, -0.1) is 0 Å². The number of carbonyl (C=O) groups excluding carboxylic acids is 1. The molecule has 0 aromatic carbocycles. The minimum Gasteiger partial charge on any atom is -0.481 e. The van der Waals surface area contributed by atoms with Crippen LogP contribution in [0.2, 0.25) is 0 Å². The summed E-state index contributed by atoms with van der Waals surface area (Å²) in [5, 5.41) is 7.91. The van der Waals surface area contributed by atoms with Crippen LogP contribution in [0.5, 0.6) is 0 Å². The van der Waals surface area contributed by atoms with Crippen LogP contribution in [0.4, 0.5) is 0 Å². The quantitative estimate of drug-likeness (QED) is 0.0806. The topological polar surface area (TPSA) is 118 Å². The van der Waals surface area contributed by atoms with E-state index in [1.807, 2.05) is 13.8 Å². The first-order chi connectivity index (χ1) is 15.3. The van der Waals surface area contributed by atoms with Gasteiger partial charge in [-0.3, -0.25) is 14.1 Å². The normalized spacial score (nSPS) is 10.0. The molecule has 0 aliphatic heterocycles. The highest BCUT2D eigenvalue weighted by Gasteiger charge is 1.99. The zero-order chi connectivity index (χ0) is 24.9. The largest absolute Gasteiger partial charge is 0.481 e. The predicted molar refractivity (Wildman–Crippen MR) is 132 cm³/mol. The first kappa shape index (κ1) is 35.4. The maximum absolute atomic E-state index is 11.2. The van der Waals surface area contributed by atoms with Crippen molar-refractivity contribution in [2.75, 3.05) is 6.61 Å². The van der Waals surface area contributed by atoms with Gasteiger partial charge in [-0.25, -0.2) is 8.42 Å². The Hall–Kier alpha value is -1.15. The van der Waals surface area contributed by atoms with E-state index in [1.165, 1.54) is 83.5 Å². The number of hydrogen-bond donors (Lipinski definition) is 3. The lowest BCUT2D eigenvalue weighted by atomic mass is 10.0. The molecular formula is C24H50O7S. The molecule has 7 nitrogen and oxygen atoms in total. The molecule has 32 heavy (non-hydrogen) atoms. The summed E-state index contributed by atoms with van der Waals surface area (Å²) in [6.45, 7) is 6.75. The molecule has 0 saturated carbocycles. The number of carboxylic acids is 1. The summed E-state index contributed by atoms with van der Waals surface area (Å²) in [4.78, 5) is 20.8. The van der Waals surface area contributed by atoms with Crippen LogP contribution >= 0.6 is 0 Å². The van der Waals surface area contributed by atoms with E-state index >= 15 is 0 Å². The molecule has 2 N–H and O–H groups in total. The van der Waals surface area contributed by atoms with Gasteiger partial charge in [0.2, 0.25) is 0 Å². The summed E-state index contributed by atoms with van der Waals surface area (Å²) in [5.41, 5.74) is 0. The molecule has 0 saturated heterocycles. The minimum absolute atomic E-state index is 0.0304. The summed E-state index contributed by atoms with van der Waals surface area (Å²) in [7, 11) is -3.12. The number of unbranched alkanes of at least 4 members (excludes halogenated alkanes) is 13. The van der Waals surface area contributed by atoms with E-state index in [-0.39, 0.29) is 5.97 Å². The Balaban J connectivity index is -0.000000696. The molecule has 0 amide bonds. The third-order valence-electron chi connectivity index (χ3n) is 4.68. The van der Waals surface area contributed by atoms with Gasteiger partial charge in [-0.1, -0.05) is 104 Å². The van der Waals surface area contributed by atoms with Crippen LogP contribution in [0.1, 0.15) is 136 Å². The SMILES string of the molecule is CCCC(=O)O.CCCCCCCCCCCCCCCCOC(=O)CCC.O=[SH](=O)O. The van der Waals surface area contributed by atoms with Crippen LogP contribution in [0.15, 0.2) is 0 Å². The van der Waals surface area contributed by atoms with Crippen molar-refractivity contribution < 1.29 is 32.4 Å². The molecule has 0 fully saturated rings. The van der Waals surface area contributed by atoms with E-state index in [4.69, 9.17) is 22.8 Å². The second-order valence-corrected chi connectivity index (χ2v) is 8.42. The van der Waals surface area contributed by atoms with Crippen LogP contribution < -0.4 is 0 Å². The lowest BCUT2D eigenvalue weighted by molar-refractivity contribution is -0.143. The molecule has 0 aromatic heterocycles. The average Bonchev–Trinajstić information content (AvgIpc) is 2.71. The van der Waals surface area contributed by atoms with Crippen LogP contribution in [0, 0.1) is 0 Å². The molecule has 0 aromatic rings. The van der Waals surface area contributed by atoms with E-state index in [0.29, 0.717) is 19.4 Å². The summed E-state index contributed by atoms with van der Waals surface area (Å²) < 4.78 is 29.3. The Morgan fingerprint density at radius 3 is 1.25 bits per heavy atom. The molecule has 0 spiro atoms. The number of thiol groups is 1. The lowest BCUT2D eigenvalue weighted by Gasteiger charge is -2.04. The van der Waals surface area contributed by atoms with Crippen molar-refractivity contribution in [3.63, 3.8) is 0 Å². The Kier molecular flexibility index (Phi) is 35.5. The number of aliphatic carboxylic acids is 1. The molecular weight excluding hydrogens is 432 g/mol. The molecule has 0 atom stereocenters. The number of esters is 1. The molecule has 0 unspecified atom stereocenters. The van der Waals surface area contributed by atoms with Gasteiger partial charge < -0.3 is 9.84 Å². The molecule has 0 rings (SSSR count). The Morgan fingerprint density at radius 2 is 0.969 bits per heavy atom. The van der Waals surface area contributed by atoms with Gasteiger partial charge in [0.25, 0.3) is 11.0 Å². The van der Waals surface area contributed by atoms with Gasteiger partial charge in [0.15, 0.2) is 0 Å². The van der Waals surface area contributed by atoms with E-state index in [2.05, 4.69) is 6.92 Å². The third-order valence-corrected chi connectivity index (χ3v) is 4.68. The molecule has 0 aliphatic rings. The fraction of sp³-hybridized carbons (Fsp3) is 0.917. The Morgan fingerprint density at radius 1 is 0.625 bits per heavy atom. The zero-order valence-corrected chi connectivity index (χ0v) is 21.7. The van der Waals surface area contributed by atoms with Gasteiger partial charge >= 0.3 is 11.9 Å². The Labute approximate surface area is 198 Å². The standard InChI is InChI=1S/C20H40O2.C4H8O2.H2O3S/c1-3-5-6-7-8-9-10-11-12-13-14-15-16-17-19-22-20(21)18-4-2;1-2-3-4(5)6;1-4(2)3/h3-19H2,1-2H3;2-3H2,1H3,(H,5,6);4H,(H,1,2,3). The highest BCUT2D eigenvalue weighted by Crippen LogP contribution is 2.13. The lowest BCUT2D eigenvalue weighted by Crippen LogP contribution is -2.04. The number of ether oxygens (including phenoxy) is 1. The van der Waals surface area contributed by atoms with Gasteiger partial charge in [0.1, 0.15) is 0 Å².